The van der Waals surface area contributed by atoms with Gasteiger partial charge in [-0.2, -0.15) is 10.2 Å². The Morgan fingerprint density at radius 1 is 0.966 bits per heavy atom. The van der Waals surface area contributed by atoms with E-state index in [1.165, 1.54) is 0 Å². The molecule has 2 N–H and O–H groups in total. The predicted molar refractivity (Wildman–Crippen MR) is 221 cm³/mol. The molecule has 2 aliphatic heterocycles. The van der Waals surface area contributed by atoms with Crippen LogP contribution in [0, 0.1) is 17.2 Å². The summed E-state index contributed by atoms with van der Waals surface area (Å²) in [6.07, 6.45) is 3.26. The summed E-state index contributed by atoms with van der Waals surface area (Å²) < 4.78 is 45.3. The number of oxazole rings is 1. The topological polar surface area (TPSA) is 171 Å². The summed E-state index contributed by atoms with van der Waals surface area (Å²) in [4.78, 5) is 26.4. The predicted octanol–water partition coefficient (Wildman–Crippen LogP) is 6.81. The average Bonchev–Trinajstić information content (AvgIpc) is 3.47. The molecule has 13 nitrogen and oxygen atoms in total. The summed E-state index contributed by atoms with van der Waals surface area (Å²) >= 11 is 13.9. The number of aliphatic hydroxyl groups is 1. The zero-order valence-electron chi connectivity index (χ0n) is 32.3. The number of pyridine rings is 1. The molecule has 3 fully saturated rings. The Labute approximate surface area is 351 Å². The van der Waals surface area contributed by atoms with Gasteiger partial charge in [-0.3, -0.25) is 19.3 Å². The lowest BCUT2D eigenvalue weighted by Gasteiger charge is -2.20. The molecule has 0 radical (unpaired) electrons. The minimum atomic E-state index is -3.60. The van der Waals surface area contributed by atoms with Crippen molar-refractivity contribution in [1.29, 1.82) is 5.26 Å². The molecular weight excluding hydrogens is 815 g/mol. The van der Waals surface area contributed by atoms with E-state index in [4.69, 9.17) is 42.1 Å². The standard InChI is InChI=1S/C43H42Cl2N6O7S/c1-56-41-27(22-51-15-13-28(52)23-51)18-35(44)43(48-41)57-37-11-10-31-30(4-2-5-32(31)37)33-6-3-7-34(38(33)45)42-47-36-17-24(16-26(19-46)39(36)58-42)20-50-14-12-25(21-50)40(53)49-59(54,55)29-8-9-29/h2-7,16-18,25,28-29,37,52H,8-15,20-23H2,1H3,(H,49,53)/t25-,28-,37-/m1/s1. The van der Waals surface area contributed by atoms with Crippen LogP contribution in [0.25, 0.3) is 33.7 Å². The first-order chi connectivity index (χ1) is 28.5. The number of β-amino-alcohol motifs (C(OH)–C–C–N with tert-alkyl or cyclic N) is 1. The minimum absolute atomic E-state index is 0.281. The number of halogens is 2. The number of aliphatic hydroxyl groups excluding tert-OH is 1. The second-order valence-electron chi connectivity index (χ2n) is 15.9. The van der Waals surface area contributed by atoms with Gasteiger partial charge < -0.3 is 19.0 Å². The summed E-state index contributed by atoms with van der Waals surface area (Å²) in [7, 11) is -2.03. The molecule has 3 aromatic carbocycles. The van der Waals surface area contributed by atoms with Crippen molar-refractivity contribution < 1.29 is 32.2 Å². The first-order valence-corrected chi connectivity index (χ1v) is 22.1. The SMILES string of the molecule is COc1nc(O[C@@H]2CCc3c(-c4cccc(-c5nc6cc(CN7CC[C@@H](C(=O)NS(=O)(=O)C8CC8)C7)cc(C#N)c6o5)c4Cl)cccc32)c(Cl)cc1CN1CC[C@@H](O)C1. The number of hydrogen-bond donors (Lipinski definition) is 2. The number of sulfonamides is 1. The number of aromatic nitrogens is 2. The molecule has 1 saturated carbocycles. The Morgan fingerprint density at radius 3 is 2.49 bits per heavy atom. The highest BCUT2D eigenvalue weighted by Crippen LogP contribution is 2.45. The van der Waals surface area contributed by atoms with Crippen LogP contribution in [0.3, 0.4) is 0 Å². The van der Waals surface area contributed by atoms with Gasteiger partial charge >= 0.3 is 0 Å². The Kier molecular flexibility index (Phi) is 10.8. The normalized spacial score (nSPS) is 20.8. The number of methoxy groups -OCH3 is 1. The van der Waals surface area contributed by atoms with Gasteiger partial charge in [-0.15, -0.1) is 0 Å². The van der Waals surface area contributed by atoms with Crippen LogP contribution in [0.1, 0.15) is 66.0 Å². The number of nitrogens with zero attached hydrogens (tertiary/aromatic N) is 5. The number of carbonyl (C=O) groups excluding carboxylic acids is 1. The lowest BCUT2D eigenvalue weighted by Crippen LogP contribution is -2.38. The van der Waals surface area contributed by atoms with Crippen molar-refractivity contribution in [3.63, 3.8) is 0 Å². The fourth-order valence-corrected chi connectivity index (χ4v) is 10.5. The Morgan fingerprint density at radius 2 is 1.73 bits per heavy atom. The first-order valence-electron chi connectivity index (χ1n) is 19.8. The molecule has 0 unspecified atom stereocenters. The van der Waals surface area contributed by atoms with E-state index in [-0.39, 0.29) is 18.1 Å². The summed E-state index contributed by atoms with van der Waals surface area (Å²) in [6.45, 7) is 3.42. The molecule has 2 aliphatic carbocycles. The maximum absolute atomic E-state index is 12.8. The lowest BCUT2D eigenvalue weighted by molar-refractivity contribution is -0.122. The van der Waals surface area contributed by atoms with Crippen molar-refractivity contribution in [2.24, 2.45) is 5.92 Å². The van der Waals surface area contributed by atoms with E-state index in [1.807, 2.05) is 48.5 Å². The number of nitrogens with one attached hydrogen (secondary N) is 1. The molecule has 5 aromatic rings. The van der Waals surface area contributed by atoms with E-state index in [0.29, 0.717) is 102 Å². The number of rotatable bonds is 12. The largest absolute Gasteiger partial charge is 0.481 e. The van der Waals surface area contributed by atoms with Crippen LogP contribution < -0.4 is 14.2 Å². The van der Waals surface area contributed by atoms with Gasteiger partial charge in [0.15, 0.2) is 5.58 Å². The maximum atomic E-state index is 12.8. The van der Waals surface area contributed by atoms with E-state index in [9.17, 15) is 23.6 Å². The van der Waals surface area contributed by atoms with Crippen LogP contribution in [0.2, 0.25) is 10.0 Å². The first kappa shape index (κ1) is 39.7. The van der Waals surface area contributed by atoms with Crippen LogP contribution >= 0.6 is 23.2 Å². The van der Waals surface area contributed by atoms with Gasteiger partial charge in [0.25, 0.3) is 0 Å². The molecule has 1 amide bonds. The molecule has 4 heterocycles. The molecule has 306 valence electrons. The molecule has 0 spiro atoms. The van der Waals surface area contributed by atoms with Crippen LogP contribution in [-0.4, -0.2) is 83.8 Å². The lowest BCUT2D eigenvalue weighted by atomic mass is 9.95. The van der Waals surface area contributed by atoms with E-state index in [1.54, 1.807) is 13.2 Å². The number of hydrogen-bond acceptors (Lipinski definition) is 12. The molecular formula is C43H42Cl2N6O7S. The second kappa shape index (κ2) is 16.0. The highest BCUT2D eigenvalue weighted by molar-refractivity contribution is 7.90. The van der Waals surface area contributed by atoms with Crippen molar-refractivity contribution in [3.05, 3.63) is 92.5 Å². The zero-order chi connectivity index (χ0) is 41.0. The van der Waals surface area contributed by atoms with Gasteiger partial charge in [-0.1, -0.05) is 53.5 Å². The number of carbonyl (C=O) groups is 1. The van der Waals surface area contributed by atoms with E-state index >= 15 is 0 Å². The van der Waals surface area contributed by atoms with Crippen LogP contribution in [0.5, 0.6) is 11.8 Å². The fourth-order valence-electron chi connectivity index (χ4n) is 8.61. The second-order valence-corrected chi connectivity index (χ2v) is 18.6. The maximum Gasteiger partial charge on any atom is 0.237 e. The van der Waals surface area contributed by atoms with Crippen LogP contribution in [0.15, 0.2) is 59.0 Å². The number of amides is 1. The van der Waals surface area contributed by atoms with Crippen molar-refractivity contribution >= 4 is 50.2 Å². The highest BCUT2D eigenvalue weighted by Gasteiger charge is 2.39. The van der Waals surface area contributed by atoms with Crippen molar-refractivity contribution in [3.8, 4) is 40.4 Å². The Hall–Kier alpha value is -4.75. The van der Waals surface area contributed by atoms with Crippen LogP contribution in [0.4, 0.5) is 0 Å². The molecule has 4 aliphatic rings. The molecule has 9 rings (SSSR count). The number of nitriles is 1. The minimum Gasteiger partial charge on any atom is -0.481 e. The monoisotopic (exact) mass is 856 g/mol. The molecule has 59 heavy (non-hydrogen) atoms. The molecule has 3 atom stereocenters. The van der Waals surface area contributed by atoms with Crippen LogP contribution in [-0.2, 0) is 34.3 Å². The summed E-state index contributed by atoms with van der Waals surface area (Å²) in [5, 5.41) is 20.5. The van der Waals surface area contributed by atoms with Crippen molar-refractivity contribution in [2.45, 2.75) is 69.1 Å². The summed E-state index contributed by atoms with van der Waals surface area (Å²) in [6, 6.07) is 19.5. The molecule has 2 saturated heterocycles. The Bertz CT molecular complexity index is 2630. The van der Waals surface area contributed by atoms with Crippen molar-refractivity contribution in [2.75, 3.05) is 33.3 Å². The van der Waals surface area contributed by atoms with Gasteiger partial charge in [-0.05, 0) is 91.6 Å². The summed E-state index contributed by atoms with van der Waals surface area (Å²) in [5.41, 5.74) is 7.29. The number of benzene rings is 3. The van der Waals surface area contributed by atoms with Crippen molar-refractivity contribution in [1.82, 2.24) is 24.5 Å². The average molecular weight is 858 g/mol. The van der Waals surface area contributed by atoms with Gasteiger partial charge in [0.2, 0.25) is 33.6 Å². The van der Waals surface area contributed by atoms with Gasteiger partial charge in [0, 0.05) is 43.9 Å². The highest BCUT2D eigenvalue weighted by atomic mass is 35.5. The molecule has 2 aromatic heterocycles. The third-order valence-electron chi connectivity index (χ3n) is 11.7. The van der Waals surface area contributed by atoms with Gasteiger partial charge in [0.1, 0.15) is 22.7 Å². The summed E-state index contributed by atoms with van der Waals surface area (Å²) in [5.74, 6) is 0.121. The third kappa shape index (κ3) is 8.00. The number of ether oxygens (including phenoxy) is 2. The molecule has 0 bridgehead atoms. The smallest absolute Gasteiger partial charge is 0.237 e. The van der Waals surface area contributed by atoms with E-state index < -0.39 is 27.1 Å². The quantitative estimate of drug-likeness (QED) is 0.135. The van der Waals surface area contributed by atoms with Gasteiger partial charge in [-0.25, -0.2) is 13.4 Å². The number of likely N-dealkylation sites (tertiary alicyclic amines) is 2. The number of fused-ring (bicyclic) bond motifs is 2. The van der Waals surface area contributed by atoms with Gasteiger partial charge in [0.05, 0.1) is 40.5 Å². The third-order valence-corrected chi connectivity index (χ3v) is 14.2. The molecule has 16 heteroatoms. The Balaban J connectivity index is 0.932. The fraction of sp³-hybridized carbons (Fsp3) is 0.395. The van der Waals surface area contributed by atoms with E-state index in [2.05, 4.69) is 25.6 Å². The zero-order valence-corrected chi connectivity index (χ0v) is 34.6. The van der Waals surface area contributed by atoms with E-state index in [0.717, 1.165) is 52.8 Å².